The number of primary amides is 1. The molecular formula is C10H15N3O2S. The van der Waals surface area contributed by atoms with Crippen molar-refractivity contribution in [1.82, 2.24) is 4.98 Å². The fourth-order valence-corrected chi connectivity index (χ4v) is 2.02. The third-order valence-electron chi connectivity index (χ3n) is 2.24. The van der Waals surface area contributed by atoms with E-state index in [1.807, 2.05) is 6.26 Å². The molecule has 0 unspecified atom stereocenters. The van der Waals surface area contributed by atoms with Gasteiger partial charge in [0, 0.05) is 6.42 Å². The van der Waals surface area contributed by atoms with Gasteiger partial charge >= 0.3 is 0 Å². The largest absolute Gasteiger partial charge is 0.365 e. The van der Waals surface area contributed by atoms with Crippen molar-refractivity contribution in [2.24, 2.45) is 5.73 Å². The summed E-state index contributed by atoms with van der Waals surface area (Å²) >= 11 is 1.47. The van der Waals surface area contributed by atoms with Crippen LogP contribution < -0.4 is 11.1 Å². The number of thioether (sulfide) groups is 1. The molecule has 16 heavy (non-hydrogen) atoms. The number of aromatic nitrogens is 1. The second kappa shape index (κ2) is 5.07. The average molecular weight is 241 g/mol. The Morgan fingerprint density at radius 1 is 1.50 bits per heavy atom. The zero-order valence-corrected chi connectivity index (χ0v) is 10.3. The van der Waals surface area contributed by atoms with Crippen LogP contribution in [0.25, 0.3) is 0 Å². The van der Waals surface area contributed by atoms with Gasteiger partial charge in [0.1, 0.15) is 5.82 Å². The molecule has 1 heterocycles. The molecule has 0 atom stereocenters. The molecule has 0 aliphatic carbocycles. The van der Waals surface area contributed by atoms with E-state index in [2.05, 4.69) is 10.3 Å². The molecule has 0 fully saturated rings. The van der Waals surface area contributed by atoms with Gasteiger partial charge in [-0.1, -0.05) is 6.92 Å². The van der Waals surface area contributed by atoms with Crippen LogP contribution in [0.3, 0.4) is 0 Å². The highest BCUT2D eigenvalue weighted by Gasteiger charge is 2.19. The van der Waals surface area contributed by atoms with E-state index < -0.39 is 5.91 Å². The van der Waals surface area contributed by atoms with Crippen molar-refractivity contribution in [1.29, 1.82) is 0 Å². The fourth-order valence-electron chi connectivity index (χ4n) is 1.40. The minimum Gasteiger partial charge on any atom is -0.365 e. The summed E-state index contributed by atoms with van der Waals surface area (Å²) in [5.74, 6) is -0.307. The maximum Gasteiger partial charge on any atom is 0.252 e. The number of nitrogens with one attached hydrogen (secondary N) is 2. The lowest BCUT2D eigenvalue weighted by Gasteiger charge is -2.02. The lowest BCUT2D eigenvalue weighted by atomic mass is 10.2. The summed E-state index contributed by atoms with van der Waals surface area (Å²) in [6, 6.07) is 0. The number of H-pyrrole nitrogens is 1. The topological polar surface area (TPSA) is 88.0 Å². The number of anilines is 1. The van der Waals surface area contributed by atoms with Gasteiger partial charge in [-0.15, -0.1) is 11.8 Å². The number of amides is 2. The highest BCUT2D eigenvalue weighted by molar-refractivity contribution is 7.98. The Bertz CT molecular complexity index is 426. The van der Waals surface area contributed by atoms with Gasteiger partial charge in [-0.2, -0.15) is 0 Å². The zero-order chi connectivity index (χ0) is 12.3. The molecule has 0 aliphatic heterocycles. The minimum atomic E-state index is -0.541. The van der Waals surface area contributed by atoms with Crippen LogP contribution in [0.4, 0.5) is 5.82 Å². The van der Waals surface area contributed by atoms with Crippen LogP contribution in [0.1, 0.15) is 29.3 Å². The molecule has 4 N–H and O–H groups in total. The quantitative estimate of drug-likeness (QED) is 0.698. The van der Waals surface area contributed by atoms with Gasteiger partial charge in [0.05, 0.1) is 10.6 Å². The first-order valence-corrected chi connectivity index (χ1v) is 6.09. The number of aromatic amines is 1. The Labute approximate surface area is 98.2 Å². The predicted molar refractivity (Wildman–Crippen MR) is 64.7 cm³/mol. The van der Waals surface area contributed by atoms with Crippen LogP contribution in [-0.2, 0) is 4.79 Å². The lowest BCUT2D eigenvalue weighted by molar-refractivity contribution is -0.115. The SMILES string of the molecule is CCC(=O)Nc1[nH]c(SC)c(C)c1C(N)=O. The maximum atomic E-state index is 11.3. The summed E-state index contributed by atoms with van der Waals surface area (Å²) in [6.07, 6.45) is 2.24. The number of carbonyl (C=O) groups excluding carboxylic acids is 2. The molecule has 0 saturated heterocycles. The summed E-state index contributed by atoms with van der Waals surface area (Å²) in [6.45, 7) is 3.54. The van der Waals surface area contributed by atoms with E-state index in [9.17, 15) is 9.59 Å². The minimum absolute atomic E-state index is 0.156. The highest BCUT2D eigenvalue weighted by Crippen LogP contribution is 2.28. The fraction of sp³-hybridized carbons (Fsp3) is 0.400. The van der Waals surface area contributed by atoms with Crippen LogP contribution in [0.5, 0.6) is 0 Å². The first-order chi connectivity index (χ1) is 7.51. The van der Waals surface area contributed by atoms with E-state index in [4.69, 9.17) is 5.73 Å². The van der Waals surface area contributed by atoms with Crippen LogP contribution in [0.2, 0.25) is 0 Å². The third kappa shape index (κ3) is 2.38. The molecule has 0 bridgehead atoms. The molecule has 88 valence electrons. The summed E-state index contributed by atoms with van der Waals surface area (Å²) < 4.78 is 0. The van der Waals surface area contributed by atoms with Gasteiger partial charge in [-0.25, -0.2) is 0 Å². The summed E-state index contributed by atoms with van der Waals surface area (Å²) in [5.41, 5.74) is 6.40. The molecule has 0 aromatic carbocycles. The normalized spacial score (nSPS) is 10.2. The lowest BCUT2D eigenvalue weighted by Crippen LogP contribution is -2.17. The maximum absolute atomic E-state index is 11.3. The Balaban J connectivity index is 3.16. The van der Waals surface area contributed by atoms with Gasteiger partial charge < -0.3 is 16.0 Å². The van der Waals surface area contributed by atoms with Crippen molar-refractivity contribution in [2.75, 3.05) is 11.6 Å². The van der Waals surface area contributed by atoms with Crippen LogP contribution in [-0.4, -0.2) is 23.1 Å². The molecular weight excluding hydrogens is 226 g/mol. The zero-order valence-electron chi connectivity index (χ0n) is 9.51. The first-order valence-electron chi connectivity index (χ1n) is 4.87. The third-order valence-corrected chi connectivity index (χ3v) is 3.06. The number of hydrogen-bond acceptors (Lipinski definition) is 3. The van der Waals surface area contributed by atoms with Gasteiger partial charge in [0.15, 0.2) is 0 Å². The van der Waals surface area contributed by atoms with E-state index in [1.165, 1.54) is 11.8 Å². The average Bonchev–Trinajstić information content (AvgIpc) is 2.54. The second-order valence-electron chi connectivity index (χ2n) is 3.30. The second-order valence-corrected chi connectivity index (χ2v) is 4.12. The first kappa shape index (κ1) is 12.6. The van der Waals surface area contributed by atoms with Gasteiger partial charge in [-0.05, 0) is 18.7 Å². The molecule has 0 aliphatic rings. The highest BCUT2D eigenvalue weighted by atomic mass is 32.2. The number of rotatable bonds is 4. The monoisotopic (exact) mass is 241 g/mol. The van der Waals surface area contributed by atoms with Gasteiger partial charge in [-0.3, -0.25) is 9.59 Å². The molecule has 1 rings (SSSR count). The van der Waals surface area contributed by atoms with Crippen molar-refractivity contribution in [3.63, 3.8) is 0 Å². The molecule has 1 aromatic rings. The van der Waals surface area contributed by atoms with Crippen LogP contribution in [0.15, 0.2) is 5.03 Å². The van der Waals surface area contributed by atoms with Crippen molar-refractivity contribution in [3.05, 3.63) is 11.1 Å². The van der Waals surface area contributed by atoms with E-state index in [0.717, 1.165) is 10.6 Å². The Hall–Kier alpha value is -1.43. The van der Waals surface area contributed by atoms with E-state index in [-0.39, 0.29) is 5.91 Å². The van der Waals surface area contributed by atoms with Gasteiger partial charge in [0.25, 0.3) is 5.91 Å². The molecule has 5 nitrogen and oxygen atoms in total. The molecule has 1 aromatic heterocycles. The smallest absolute Gasteiger partial charge is 0.252 e. The molecule has 6 heteroatoms. The van der Waals surface area contributed by atoms with Gasteiger partial charge in [0.2, 0.25) is 5.91 Å². The van der Waals surface area contributed by atoms with Crippen LogP contribution in [0, 0.1) is 6.92 Å². The number of hydrogen-bond donors (Lipinski definition) is 3. The van der Waals surface area contributed by atoms with E-state index in [0.29, 0.717) is 17.8 Å². The number of nitrogens with two attached hydrogens (primary N) is 1. The predicted octanol–water partition coefficient (Wildman–Crippen LogP) is 1.49. The van der Waals surface area contributed by atoms with Crippen molar-refractivity contribution >= 4 is 29.4 Å². The molecule has 2 amide bonds. The van der Waals surface area contributed by atoms with Crippen LogP contribution >= 0.6 is 11.8 Å². The summed E-state index contributed by atoms with van der Waals surface area (Å²) in [4.78, 5) is 25.5. The molecule has 0 spiro atoms. The number of carbonyl (C=O) groups is 2. The van der Waals surface area contributed by atoms with E-state index in [1.54, 1.807) is 13.8 Å². The molecule has 0 radical (unpaired) electrons. The summed E-state index contributed by atoms with van der Waals surface area (Å²) in [7, 11) is 0. The Morgan fingerprint density at radius 3 is 2.56 bits per heavy atom. The van der Waals surface area contributed by atoms with E-state index >= 15 is 0 Å². The summed E-state index contributed by atoms with van der Waals surface area (Å²) in [5, 5.41) is 3.46. The molecule has 0 saturated carbocycles. The standard InChI is InChI=1S/C10H15N3O2S/c1-4-6(14)12-9-7(8(11)15)5(2)10(13-9)16-3/h13H,4H2,1-3H3,(H2,11,15)(H,12,14). The van der Waals surface area contributed by atoms with Crippen molar-refractivity contribution in [2.45, 2.75) is 25.3 Å². The van der Waals surface area contributed by atoms with Crippen molar-refractivity contribution in [3.8, 4) is 0 Å². The Morgan fingerprint density at radius 2 is 2.12 bits per heavy atom. The van der Waals surface area contributed by atoms with Crippen molar-refractivity contribution < 1.29 is 9.59 Å². The Kier molecular flexibility index (Phi) is 4.00.